The Hall–Kier alpha value is -3.12. The summed E-state index contributed by atoms with van der Waals surface area (Å²) in [6.07, 6.45) is 0.747. The van der Waals surface area contributed by atoms with Crippen LogP contribution in [-0.2, 0) is 19.5 Å². The van der Waals surface area contributed by atoms with E-state index >= 15 is 0 Å². The zero-order valence-electron chi connectivity index (χ0n) is 17.0. The van der Waals surface area contributed by atoms with Gasteiger partial charge in [-0.3, -0.25) is 9.69 Å². The van der Waals surface area contributed by atoms with Gasteiger partial charge < -0.3 is 14.5 Å². The average molecular weight is 391 g/mol. The molecule has 0 bridgehead atoms. The summed E-state index contributed by atoms with van der Waals surface area (Å²) in [5.74, 6) is 2.28. The fourth-order valence-corrected chi connectivity index (χ4v) is 3.95. The second kappa shape index (κ2) is 8.09. The Labute approximate surface area is 170 Å². The third kappa shape index (κ3) is 3.76. The zero-order chi connectivity index (χ0) is 20.4. The first-order valence-corrected chi connectivity index (χ1v) is 9.71. The summed E-state index contributed by atoms with van der Waals surface area (Å²) < 4.78 is 11.0. The lowest BCUT2D eigenvalue weighted by Gasteiger charge is -2.28. The second-order valence-corrected chi connectivity index (χ2v) is 7.25. The van der Waals surface area contributed by atoms with E-state index in [4.69, 9.17) is 14.5 Å². The van der Waals surface area contributed by atoms with E-state index in [0.29, 0.717) is 18.9 Å². The van der Waals surface area contributed by atoms with Gasteiger partial charge in [0.05, 0.1) is 25.5 Å². The van der Waals surface area contributed by atoms with Crippen LogP contribution in [0.4, 0.5) is 0 Å². The number of rotatable bonds is 5. The van der Waals surface area contributed by atoms with Gasteiger partial charge in [0.2, 0.25) is 0 Å². The van der Waals surface area contributed by atoms with Crippen molar-refractivity contribution in [1.29, 1.82) is 0 Å². The van der Waals surface area contributed by atoms with Crippen molar-refractivity contribution in [1.82, 2.24) is 14.9 Å². The van der Waals surface area contributed by atoms with Crippen LogP contribution >= 0.6 is 0 Å². The lowest BCUT2D eigenvalue weighted by atomic mass is 10.0. The Bertz CT molecular complexity index is 1080. The molecule has 4 rings (SSSR count). The van der Waals surface area contributed by atoms with Crippen LogP contribution in [0.3, 0.4) is 0 Å². The van der Waals surface area contributed by atoms with E-state index in [1.807, 2.05) is 49.4 Å². The van der Waals surface area contributed by atoms with Crippen LogP contribution in [0, 0.1) is 6.92 Å². The van der Waals surface area contributed by atoms with Gasteiger partial charge in [-0.2, -0.15) is 0 Å². The van der Waals surface area contributed by atoms with Crippen molar-refractivity contribution in [3.05, 3.63) is 75.2 Å². The maximum Gasteiger partial charge on any atom is 0.255 e. The molecule has 29 heavy (non-hydrogen) atoms. The molecular formula is C23H25N3O3. The van der Waals surface area contributed by atoms with Gasteiger partial charge in [-0.15, -0.1) is 0 Å². The van der Waals surface area contributed by atoms with Crippen LogP contribution in [0.5, 0.6) is 11.5 Å². The number of methoxy groups -OCH3 is 2. The fraction of sp³-hybridized carbons (Fsp3) is 0.304. The van der Waals surface area contributed by atoms with Crippen molar-refractivity contribution >= 4 is 0 Å². The van der Waals surface area contributed by atoms with E-state index in [1.54, 1.807) is 14.2 Å². The summed E-state index contributed by atoms with van der Waals surface area (Å²) >= 11 is 0. The van der Waals surface area contributed by atoms with E-state index in [2.05, 4.69) is 9.88 Å². The smallest absolute Gasteiger partial charge is 0.255 e. The molecular weight excluding hydrogens is 366 g/mol. The molecule has 1 aliphatic rings. The molecule has 0 saturated heterocycles. The number of hydrogen-bond donors (Lipinski definition) is 1. The Balaban J connectivity index is 1.59. The van der Waals surface area contributed by atoms with E-state index in [-0.39, 0.29) is 5.56 Å². The molecule has 0 spiro atoms. The molecule has 2 heterocycles. The lowest BCUT2D eigenvalue weighted by Crippen LogP contribution is -2.35. The van der Waals surface area contributed by atoms with Gasteiger partial charge in [-0.25, -0.2) is 4.98 Å². The maximum atomic E-state index is 12.8. The molecule has 0 amide bonds. The van der Waals surface area contributed by atoms with E-state index in [9.17, 15) is 4.79 Å². The summed E-state index contributed by atoms with van der Waals surface area (Å²) in [6, 6.07) is 13.7. The highest BCUT2D eigenvalue weighted by molar-refractivity contribution is 5.55. The van der Waals surface area contributed by atoms with Crippen molar-refractivity contribution in [2.45, 2.75) is 26.4 Å². The molecule has 6 nitrogen and oxygen atoms in total. The monoisotopic (exact) mass is 391 g/mol. The maximum absolute atomic E-state index is 12.8. The first-order valence-electron chi connectivity index (χ1n) is 9.71. The van der Waals surface area contributed by atoms with Crippen LogP contribution in [0.2, 0.25) is 0 Å². The Morgan fingerprint density at radius 2 is 1.90 bits per heavy atom. The quantitative estimate of drug-likeness (QED) is 0.723. The average Bonchev–Trinajstić information content (AvgIpc) is 2.75. The lowest BCUT2D eigenvalue weighted by molar-refractivity contribution is 0.238. The van der Waals surface area contributed by atoms with Crippen molar-refractivity contribution in [2.75, 3.05) is 20.8 Å². The summed E-state index contributed by atoms with van der Waals surface area (Å²) in [6.45, 7) is 4.10. The number of fused-ring (bicyclic) bond motifs is 1. The normalized spacial score (nSPS) is 13.8. The molecule has 1 aliphatic heterocycles. The van der Waals surface area contributed by atoms with Crippen molar-refractivity contribution in [3.8, 4) is 22.9 Å². The van der Waals surface area contributed by atoms with Crippen LogP contribution in [0.25, 0.3) is 11.4 Å². The van der Waals surface area contributed by atoms with Gasteiger partial charge in [0.25, 0.3) is 5.56 Å². The zero-order valence-corrected chi connectivity index (χ0v) is 17.0. The number of aromatic amines is 1. The van der Waals surface area contributed by atoms with Gasteiger partial charge in [0.15, 0.2) is 0 Å². The molecule has 1 aromatic heterocycles. The number of H-pyrrole nitrogens is 1. The summed E-state index contributed by atoms with van der Waals surface area (Å²) in [4.78, 5) is 22.7. The van der Waals surface area contributed by atoms with Gasteiger partial charge in [0.1, 0.15) is 17.3 Å². The van der Waals surface area contributed by atoms with E-state index < -0.39 is 0 Å². The highest BCUT2D eigenvalue weighted by Gasteiger charge is 2.23. The van der Waals surface area contributed by atoms with E-state index in [0.717, 1.165) is 52.4 Å². The Kier molecular flexibility index (Phi) is 5.36. The second-order valence-electron chi connectivity index (χ2n) is 7.25. The molecule has 0 aliphatic carbocycles. The molecule has 0 radical (unpaired) electrons. The van der Waals surface area contributed by atoms with Gasteiger partial charge >= 0.3 is 0 Å². The molecule has 0 unspecified atom stereocenters. The Morgan fingerprint density at radius 3 is 2.62 bits per heavy atom. The highest BCUT2D eigenvalue weighted by atomic mass is 16.5. The van der Waals surface area contributed by atoms with Crippen LogP contribution in [0.15, 0.2) is 47.3 Å². The fourth-order valence-electron chi connectivity index (χ4n) is 3.95. The van der Waals surface area contributed by atoms with Crippen molar-refractivity contribution in [3.63, 3.8) is 0 Å². The molecule has 0 fully saturated rings. The van der Waals surface area contributed by atoms with Crippen LogP contribution < -0.4 is 15.0 Å². The number of ether oxygens (including phenoxy) is 2. The molecule has 1 N–H and O–H groups in total. The molecule has 0 atom stereocenters. The summed E-state index contributed by atoms with van der Waals surface area (Å²) in [5, 5.41) is 0. The number of nitrogens with one attached hydrogen (secondary N) is 1. The standard InChI is InChI=1S/C23H25N3O3/c1-15-20(28-2)10-9-17(21(15)29-3)13-26-12-11-19-18(14-26)23(27)25-22(24-19)16-7-5-4-6-8-16/h4-10H,11-14H2,1-3H3,(H,24,25,27). The predicted molar refractivity (Wildman–Crippen MR) is 112 cm³/mol. The topological polar surface area (TPSA) is 67.5 Å². The number of nitrogens with zero attached hydrogens (tertiary/aromatic N) is 2. The third-order valence-electron chi connectivity index (χ3n) is 5.45. The summed E-state index contributed by atoms with van der Waals surface area (Å²) in [5.41, 5.74) is 4.57. The molecule has 3 aromatic rings. The number of aromatic nitrogens is 2. The van der Waals surface area contributed by atoms with Crippen molar-refractivity contribution < 1.29 is 9.47 Å². The number of hydrogen-bond acceptors (Lipinski definition) is 5. The number of benzene rings is 2. The molecule has 6 heteroatoms. The Morgan fingerprint density at radius 1 is 1.10 bits per heavy atom. The summed E-state index contributed by atoms with van der Waals surface area (Å²) in [7, 11) is 3.34. The SMILES string of the molecule is COc1ccc(CN2CCc3nc(-c4ccccc4)[nH]c(=O)c3C2)c(OC)c1C. The van der Waals surface area contributed by atoms with E-state index in [1.165, 1.54) is 0 Å². The molecule has 150 valence electrons. The molecule has 2 aromatic carbocycles. The first-order chi connectivity index (χ1) is 14.1. The minimum absolute atomic E-state index is 0.0589. The third-order valence-corrected chi connectivity index (χ3v) is 5.45. The van der Waals surface area contributed by atoms with Gasteiger partial charge in [0, 0.05) is 42.7 Å². The van der Waals surface area contributed by atoms with Crippen LogP contribution in [-0.4, -0.2) is 35.6 Å². The van der Waals surface area contributed by atoms with Crippen LogP contribution in [0.1, 0.15) is 22.4 Å². The van der Waals surface area contributed by atoms with Gasteiger partial charge in [-0.1, -0.05) is 36.4 Å². The minimum Gasteiger partial charge on any atom is -0.496 e. The molecule has 0 saturated carbocycles. The van der Waals surface area contributed by atoms with Crippen molar-refractivity contribution in [2.24, 2.45) is 0 Å². The predicted octanol–water partition coefficient (Wildman–Crippen LogP) is 3.32. The highest BCUT2D eigenvalue weighted by Crippen LogP contribution is 2.32. The minimum atomic E-state index is -0.0589. The van der Waals surface area contributed by atoms with Gasteiger partial charge in [-0.05, 0) is 13.0 Å². The first kappa shape index (κ1) is 19.2. The largest absolute Gasteiger partial charge is 0.496 e.